The molecule has 0 aliphatic rings. The maximum Gasteiger partial charge on any atom is 0.151 e. The number of hydrogen-bond acceptors (Lipinski definition) is 3. The van der Waals surface area contributed by atoms with Crippen molar-refractivity contribution in [1.82, 2.24) is 10.2 Å². The summed E-state index contributed by atoms with van der Waals surface area (Å²) < 4.78 is 0. The van der Waals surface area contributed by atoms with Gasteiger partial charge < -0.3 is 5.32 Å². The minimum atomic E-state index is 0.408. The Labute approximate surface area is 82.8 Å². The third kappa shape index (κ3) is 3.90. The van der Waals surface area contributed by atoms with Crippen molar-refractivity contribution in [3.8, 4) is 0 Å². The lowest BCUT2D eigenvalue weighted by atomic mass is 10.2. The Morgan fingerprint density at radius 3 is 2.85 bits per heavy atom. The van der Waals surface area contributed by atoms with Gasteiger partial charge in [0.25, 0.3) is 0 Å². The highest BCUT2D eigenvalue weighted by Gasteiger charge is 1.94. The van der Waals surface area contributed by atoms with Gasteiger partial charge in [0.15, 0.2) is 5.15 Å². The van der Waals surface area contributed by atoms with Crippen molar-refractivity contribution in [3.05, 3.63) is 29.4 Å². The van der Waals surface area contributed by atoms with Crippen LogP contribution in [-0.2, 0) is 0 Å². The number of anilines is 1. The fourth-order valence-corrected chi connectivity index (χ4v) is 0.915. The Balaban J connectivity index is 2.37. The van der Waals surface area contributed by atoms with Crippen molar-refractivity contribution >= 4 is 17.4 Å². The van der Waals surface area contributed by atoms with E-state index in [1.807, 2.05) is 6.92 Å². The first-order valence-electron chi connectivity index (χ1n) is 4.06. The molecule has 0 bridgehead atoms. The van der Waals surface area contributed by atoms with E-state index in [0.29, 0.717) is 5.15 Å². The van der Waals surface area contributed by atoms with E-state index in [0.717, 1.165) is 24.4 Å². The fourth-order valence-electron chi connectivity index (χ4n) is 0.814. The minimum absolute atomic E-state index is 0.408. The van der Waals surface area contributed by atoms with Crippen LogP contribution in [0.5, 0.6) is 0 Å². The molecule has 0 unspecified atom stereocenters. The van der Waals surface area contributed by atoms with Crippen LogP contribution in [-0.4, -0.2) is 16.7 Å². The minimum Gasteiger partial charge on any atom is -0.368 e. The molecule has 1 aromatic rings. The summed E-state index contributed by atoms with van der Waals surface area (Å²) in [5.74, 6) is 0.741. The molecule has 1 heterocycles. The lowest BCUT2D eigenvalue weighted by Crippen LogP contribution is -2.03. The van der Waals surface area contributed by atoms with E-state index < -0.39 is 0 Å². The largest absolute Gasteiger partial charge is 0.368 e. The lowest BCUT2D eigenvalue weighted by Gasteiger charge is -2.03. The summed E-state index contributed by atoms with van der Waals surface area (Å²) in [6.07, 6.45) is 0.935. The Morgan fingerprint density at radius 2 is 2.31 bits per heavy atom. The Morgan fingerprint density at radius 1 is 1.54 bits per heavy atom. The lowest BCUT2D eigenvalue weighted by molar-refractivity contribution is 0.959. The molecule has 1 aromatic heterocycles. The average molecular weight is 198 g/mol. The molecule has 70 valence electrons. The van der Waals surface area contributed by atoms with Crippen LogP contribution >= 0.6 is 11.6 Å². The Bertz CT molecular complexity index is 281. The molecule has 0 aromatic carbocycles. The number of nitrogens with one attached hydrogen (secondary N) is 1. The van der Waals surface area contributed by atoms with E-state index in [1.54, 1.807) is 12.1 Å². The summed E-state index contributed by atoms with van der Waals surface area (Å²) in [4.78, 5) is 0. The first-order chi connectivity index (χ1) is 6.18. The second-order valence-electron chi connectivity index (χ2n) is 2.88. The zero-order valence-corrected chi connectivity index (χ0v) is 8.30. The molecule has 0 radical (unpaired) electrons. The van der Waals surface area contributed by atoms with E-state index in [4.69, 9.17) is 11.6 Å². The molecule has 3 nitrogen and oxygen atoms in total. The molecule has 4 heteroatoms. The van der Waals surface area contributed by atoms with Gasteiger partial charge in [-0.3, -0.25) is 0 Å². The van der Waals surface area contributed by atoms with Crippen LogP contribution in [0.3, 0.4) is 0 Å². The molecule has 0 spiro atoms. The summed E-state index contributed by atoms with van der Waals surface area (Å²) in [7, 11) is 0. The van der Waals surface area contributed by atoms with Crippen LogP contribution in [0, 0.1) is 0 Å². The molecular formula is C9H12ClN3. The first-order valence-corrected chi connectivity index (χ1v) is 4.44. The molecule has 0 amide bonds. The summed E-state index contributed by atoms with van der Waals surface area (Å²) in [5, 5.41) is 11.1. The smallest absolute Gasteiger partial charge is 0.151 e. The van der Waals surface area contributed by atoms with Crippen LogP contribution in [0.1, 0.15) is 13.3 Å². The van der Waals surface area contributed by atoms with E-state index in [2.05, 4.69) is 22.1 Å². The fraction of sp³-hybridized carbons (Fsp3) is 0.333. The molecule has 1 rings (SSSR count). The van der Waals surface area contributed by atoms with Crippen LogP contribution in [0.2, 0.25) is 5.15 Å². The predicted octanol–water partition coefficient (Wildman–Crippen LogP) is 2.51. The zero-order chi connectivity index (χ0) is 9.68. The van der Waals surface area contributed by atoms with Gasteiger partial charge in [-0.15, -0.1) is 16.8 Å². The van der Waals surface area contributed by atoms with Gasteiger partial charge in [0.2, 0.25) is 0 Å². The van der Waals surface area contributed by atoms with Crippen molar-refractivity contribution in [2.45, 2.75) is 13.3 Å². The van der Waals surface area contributed by atoms with Crippen molar-refractivity contribution < 1.29 is 0 Å². The van der Waals surface area contributed by atoms with Gasteiger partial charge in [-0.05, 0) is 25.5 Å². The average Bonchev–Trinajstić information content (AvgIpc) is 2.08. The summed E-state index contributed by atoms with van der Waals surface area (Å²) in [6, 6.07) is 3.51. The topological polar surface area (TPSA) is 37.8 Å². The second-order valence-corrected chi connectivity index (χ2v) is 3.26. The predicted molar refractivity (Wildman–Crippen MR) is 55.0 cm³/mol. The van der Waals surface area contributed by atoms with Crippen molar-refractivity contribution in [2.75, 3.05) is 11.9 Å². The maximum atomic E-state index is 5.58. The highest BCUT2D eigenvalue weighted by molar-refractivity contribution is 6.29. The van der Waals surface area contributed by atoms with Gasteiger partial charge in [0.1, 0.15) is 5.82 Å². The SMILES string of the molecule is C=C(C)CCNc1ccc(Cl)nn1. The molecule has 13 heavy (non-hydrogen) atoms. The van der Waals surface area contributed by atoms with Crippen LogP contribution in [0.15, 0.2) is 24.3 Å². The van der Waals surface area contributed by atoms with Gasteiger partial charge in [0.05, 0.1) is 0 Å². The number of nitrogens with zero attached hydrogens (tertiary/aromatic N) is 2. The number of aromatic nitrogens is 2. The third-order valence-electron chi connectivity index (χ3n) is 1.49. The van der Waals surface area contributed by atoms with E-state index in [-0.39, 0.29) is 0 Å². The summed E-state index contributed by atoms with van der Waals surface area (Å²) >= 11 is 5.58. The highest BCUT2D eigenvalue weighted by atomic mass is 35.5. The Kier molecular flexibility index (Phi) is 3.71. The normalized spacial score (nSPS) is 9.69. The van der Waals surface area contributed by atoms with Crippen LogP contribution in [0.25, 0.3) is 0 Å². The first kappa shape index (κ1) is 9.99. The molecule has 0 fully saturated rings. The second kappa shape index (κ2) is 4.82. The van der Waals surface area contributed by atoms with Crippen LogP contribution < -0.4 is 5.32 Å². The van der Waals surface area contributed by atoms with Gasteiger partial charge in [-0.25, -0.2) is 0 Å². The molecule has 0 saturated heterocycles. The number of halogens is 1. The standard InChI is InChI=1S/C9H12ClN3/c1-7(2)5-6-11-9-4-3-8(10)12-13-9/h3-4H,1,5-6H2,2H3,(H,11,13). The van der Waals surface area contributed by atoms with Crippen LogP contribution in [0.4, 0.5) is 5.82 Å². The summed E-state index contributed by atoms with van der Waals surface area (Å²) in [5.41, 5.74) is 1.15. The van der Waals surface area contributed by atoms with E-state index >= 15 is 0 Å². The van der Waals surface area contributed by atoms with E-state index in [9.17, 15) is 0 Å². The quantitative estimate of drug-likeness (QED) is 0.754. The van der Waals surface area contributed by atoms with E-state index in [1.165, 1.54) is 0 Å². The van der Waals surface area contributed by atoms with Gasteiger partial charge in [-0.1, -0.05) is 17.2 Å². The molecular weight excluding hydrogens is 186 g/mol. The summed E-state index contributed by atoms with van der Waals surface area (Å²) in [6.45, 7) is 6.62. The van der Waals surface area contributed by atoms with Crippen molar-refractivity contribution in [2.24, 2.45) is 0 Å². The molecule has 0 atom stereocenters. The molecule has 0 aliphatic heterocycles. The monoisotopic (exact) mass is 197 g/mol. The van der Waals surface area contributed by atoms with Gasteiger partial charge in [0, 0.05) is 6.54 Å². The molecule has 0 aliphatic carbocycles. The number of rotatable bonds is 4. The Hall–Kier alpha value is -1.09. The highest BCUT2D eigenvalue weighted by Crippen LogP contribution is 2.06. The molecule has 0 saturated carbocycles. The zero-order valence-electron chi connectivity index (χ0n) is 7.55. The number of hydrogen-bond donors (Lipinski definition) is 1. The molecule has 1 N–H and O–H groups in total. The van der Waals surface area contributed by atoms with Gasteiger partial charge >= 0.3 is 0 Å². The maximum absolute atomic E-state index is 5.58. The third-order valence-corrected chi connectivity index (χ3v) is 1.69. The van der Waals surface area contributed by atoms with Crippen molar-refractivity contribution in [1.29, 1.82) is 0 Å². The van der Waals surface area contributed by atoms with Gasteiger partial charge in [-0.2, -0.15) is 0 Å². The van der Waals surface area contributed by atoms with Crippen molar-refractivity contribution in [3.63, 3.8) is 0 Å².